The van der Waals surface area contributed by atoms with Crippen LogP contribution in [0.3, 0.4) is 0 Å². The van der Waals surface area contributed by atoms with E-state index in [1.807, 2.05) is 48.5 Å². The van der Waals surface area contributed by atoms with E-state index in [0.717, 1.165) is 5.56 Å². The van der Waals surface area contributed by atoms with E-state index in [1.165, 1.54) is 5.56 Å². The van der Waals surface area contributed by atoms with E-state index in [2.05, 4.69) is 19.2 Å². The Bertz CT molecular complexity index is 590. The molecule has 2 aromatic rings. The molecule has 0 bridgehead atoms. The molecule has 2 rings (SSSR count). The molecular weight excluding hydrogens is 270 g/mol. The van der Waals surface area contributed by atoms with Gasteiger partial charge in [-0.05, 0) is 41.3 Å². The highest BCUT2D eigenvalue weighted by Crippen LogP contribution is 2.15. The molecule has 0 atom stereocenters. The van der Waals surface area contributed by atoms with Crippen LogP contribution in [0.2, 0.25) is 5.02 Å². The van der Waals surface area contributed by atoms with Crippen LogP contribution in [0, 0.1) is 0 Å². The third kappa shape index (κ3) is 3.84. The summed E-state index contributed by atoms with van der Waals surface area (Å²) in [4.78, 5) is 12.0. The molecule has 1 amide bonds. The fourth-order valence-electron chi connectivity index (χ4n) is 1.95. The monoisotopic (exact) mass is 287 g/mol. The molecule has 0 aliphatic heterocycles. The van der Waals surface area contributed by atoms with Crippen LogP contribution in [-0.4, -0.2) is 5.91 Å². The maximum Gasteiger partial charge on any atom is 0.251 e. The van der Waals surface area contributed by atoms with Gasteiger partial charge in [0.05, 0.1) is 0 Å². The van der Waals surface area contributed by atoms with E-state index < -0.39 is 0 Å². The summed E-state index contributed by atoms with van der Waals surface area (Å²) in [7, 11) is 0. The molecule has 0 aromatic heterocycles. The van der Waals surface area contributed by atoms with Crippen molar-refractivity contribution < 1.29 is 4.79 Å². The maximum absolute atomic E-state index is 12.0. The van der Waals surface area contributed by atoms with E-state index in [9.17, 15) is 4.79 Å². The van der Waals surface area contributed by atoms with Crippen LogP contribution in [0.1, 0.15) is 41.3 Å². The van der Waals surface area contributed by atoms with Crippen molar-refractivity contribution >= 4 is 17.5 Å². The number of carbonyl (C=O) groups excluding carboxylic acids is 1. The molecule has 0 aliphatic rings. The fourth-order valence-corrected chi connectivity index (χ4v) is 2.16. The maximum atomic E-state index is 12.0. The smallest absolute Gasteiger partial charge is 0.251 e. The van der Waals surface area contributed by atoms with Gasteiger partial charge >= 0.3 is 0 Å². The van der Waals surface area contributed by atoms with E-state index in [1.54, 1.807) is 0 Å². The van der Waals surface area contributed by atoms with Crippen molar-refractivity contribution in [1.82, 2.24) is 5.32 Å². The Kier molecular flexibility index (Phi) is 4.80. The Hall–Kier alpha value is -1.80. The largest absolute Gasteiger partial charge is 0.348 e. The Labute approximate surface area is 124 Å². The molecule has 3 heteroatoms. The number of nitrogens with one attached hydrogen (secondary N) is 1. The summed E-state index contributed by atoms with van der Waals surface area (Å²) < 4.78 is 0. The summed E-state index contributed by atoms with van der Waals surface area (Å²) in [5.41, 5.74) is 2.90. The van der Waals surface area contributed by atoms with Gasteiger partial charge in [-0.3, -0.25) is 4.79 Å². The van der Waals surface area contributed by atoms with Crippen molar-refractivity contribution in [3.8, 4) is 0 Å². The Balaban J connectivity index is 1.98. The number of amides is 1. The summed E-state index contributed by atoms with van der Waals surface area (Å²) in [5.74, 6) is 0.402. The third-order valence-electron chi connectivity index (χ3n) is 3.18. The van der Waals surface area contributed by atoms with Gasteiger partial charge in [-0.2, -0.15) is 0 Å². The zero-order valence-corrected chi connectivity index (χ0v) is 12.4. The Morgan fingerprint density at radius 1 is 1.15 bits per heavy atom. The zero-order valence-electron chi connectivity index (χ0n) is 11.7. The SMILES string of the molecule is CC(C)c1ccc(C(=O)NCc2cccc(Cl)c2)cc1. The topological polar surface area (TPSA) is 29.1 Å². The number of halogens is 1. The highest BCUT2D eigenvalue weighted by molar-refractivity contribution is 6.30. The molecule has 0 unspecified atom stereocenters. The second-order valence-electron chi connectivity index (χ2n) is 5.09. The van der Waals surface area contributed by atoms with Gasteiger partial charge in [-0.25, -0.2) is 0 Å². The fraction of sp³-hybridized carbons (Fsp3) is 0.235. The first-order valence-corrected chi connectivity index (χ1v) is 7.06. The van der Waals surface area contributed by atoms with Crippen molar-refractivity contribution in [2.24, 2.45) is 0 Å². The normalized spacial score (nSPS) is 10.6. The molecular formula is C17H18ClNO. The molecule has 0 saturated heterocycles. The van der Waals surface area contributed by atoms with E-state index in [0.29, 0.717) is 23.0 Å². The molecule has 2 aromatic carbocycles. The molecule has 0 spiro atoms. The van der Waals surface area contributed by atoms with E-state index in [-0.39, 0.29) is 5.91 Å². The van der Waals surface area contributed by atoms with Crippen molar-refractivity contribution in [3.63, 3.8) is 0 Å². The summed E-state index contributed by atoms with van der Waals surface area (Å²) in [6.07, 6.45) is 0. The molecule has 104 valence electrons. The summed E-state index contributed by atoms with van der Waals surface area (Å²) >= 11 is 5.91. The van der Waals surface area contributed by atoms with E-state index in [4.69, 9.17) is 11.6 Å². The van der Waals surface area contributed by atoms with Crippen LogP contribution >= 0.6 is 11.6 Å². The van der Waals surface area contributed by atoms with Gasteiger partial charge in [0.15, 0.2) is 0 Å². The molecule has 20 heavy (non-hydrogen) atoms. The standard InChI is InChI=1S/C17H18ClNO/c1-12(2)14-6-8-15(9-7-14)17(20)19-11-13-4-3-5-16(18)10-13/h3-10,12H,11H2,1-2H3,(H,19,20). The third-order valence-corrected chi connectivity index (χ3v) is 3.42. The van der Waals surface area contributed by atoms with Crippen molar-refractivity contribution in [2.75, 3.05) is 0 Å². The van der Waals surface area contributed by atoms with Crippen LogP contribution in [0.5, 0.6) is 0 Å². The van der Waals surface area contributed by atoms with Crippen LogP contribution in [0.25, 0.3) is 0 Å². The molecule has 0 radical (unpaired) electrons. The second kappa shape index (κ2) is 6.58. The summed E-state index contributed by atoms with van der Waals surface area (Å²) in [6.45, 7) is 4.74. The number of carbonyl (C=O) groups is 1. The second-order valence-corrected chi connectivity index (χ2v) is 5.53. The zero-order chi connectivity index (χ0) is 14.5. The van der Waals surface area contributed by atoms with Gasteiger partial charge in [-0.1, -0.05) is 49.7 Å². The highest BCUT2D eigenvalue weighted by atomic mass is 35.5. The molecule has 0 heterocycles. The minimum absolute atomic E-state index is 0.0692. The van der Waals surface area contributed by atoms with Gasteiger partial charge in [0.2, 0.25) is 0 Å². The van der Waals surface area contributed by atoms with E-state index >= 15 is 0 Å². The lowest BCUT2D eigenvalue weighted by molar-refractivity contribution is 0.0951. The average molecular weight is 288 g/mol. The first-order valence-electron chi connectivity index (χ1n) is 6.69. The van der Waals surface area contributed by atoms with Gasteiger partial charge in [-0.15, -0.1) is 0 Å². The van der Waals surface area contributed by atoms with Crippen molar-refractivity contribution in [1.29, 1.82) is 0 Å². The van der Waals surface area contributed by atoms with Crippen LogP contribution in [-0.2, 0) is 6.54 Å². The number of benzene rings is 2. The van der Waals surface area contributed by atoms with Gasteiger partial charge in [0.1, 0.15) is 0 Å². The van der Waals surface area contributed by atoms with Crippen molar-refractivity contribution in [2.45, 2.75) is 26.3 Å². The lowest BCUT2D eigenvalue weighted by Crippen LogP contribution is -2.22. The quantitative estimate of drug-likeness (QED) is 0.887. The van der Waals surface area contributed by atoms with Gasteiger partial charge in [0, 0.05) is 17.1 Å². The molecule has 2 nitrogen and oxygen atoms in total. The minimum Gasteiger partial charge on any atom is -0.348 e. The lowest BCUT2D eigenvalue weighted by Gasteiger charge is -2.08. The van der Waals surface area contributed by atoms with Crippen LogP contribution in [0.15, 0.2) is 48.5 Å². The Morgan fingerprint density at radius 3 is 2.45 bits per heavy atom. The number of hydrogen-bond donors (Lipinski definition) is 1. The van der Waals surface area contributed by atoms with Gasteiger partial charge in [0.25, 0.3) is 5.91 Å². The number of hydrogen-bond acceptors (Lipinski definition) is 1. The molecule has 0 aliphatic carbocycles. The first-order chi connectivity index (χ1) is 9.56. The Morgan fingerprint density at radius 2 is 1.85 bits per heavy atom. The molecule has 1 N–H and O–H groups in total. The van der Waals surface area contributed by atoms with Crippen LogP contribution in [0.4, 0.5) is 0 Å². The number of rotatable bonds is 4. The average Bonchev–Trinajstić information content (AvgIpc) is 2.45. The van der Waals surface area contributed by atoms with Crippen LogP contribution < -0.4 is 5.32 Å². The predicted octanol–water partition coefficient (Wildman–Crippen LogP) is 4.39. The van der Waals surface area contributed by atoms with Gasteiger partial charge < -0.3 is 5.32 Å². The highest BCUT2D eigenvalue weighted by Gasteiger charge is 2.06. The lowest BCUT2D eigenvalue weighted by atomic mass is 10.0. The summed E-state index contributed by atoms with van der Waals surface area (Å²) in [6, 6.07) is 15.2. The predicted molar refractivity (Wildman–Crippen MR) is 83.2 cm³/mol. The minimum atomic E-state index is -0.0692. The molecule has 0 fully saturated rings. The first kappa shape index (κ1) is 14.6. The van der Waals surface area contributed by atoms with Crippen molar-refractivity contribution in [3.05, 3.63) is 70.2 Å². The summed E-state index contributed by atoms with van der Waals surface area (Å²) in [5, 5.41) is 3.57. The molecule has 0 saturated carbocycles.